The minimum Gasteiger partial charge on any atom is -0.338 e. The molecule has 0 aliphatic rings. The van der Waals surface area contributed by atoms with Crippen LogP contribution in [0.1, 0.15) is 18.3 Å². The van der Waals surface area contributed by atoms with Crippen molar-refractivity contribution in [2.24, 2.45) is 7.05 Å². The number of anilines is 1. The first-order chi connectivity index (χ1) is 12.3. The third-order valence-corrected chi connectivity index (χ3v) is 3.77. The van der Waals surface area contributed by atoms with Gasteiger partial charge in [0.2, 0.25) is 5.95 Å². The summed E-state index contributed by atoms with van der Waals surface area (Å²) in [6.07, 6.45) is 0.347. The number of aromatic nitrogens is 6. The Morgan fingerprint density at radius 3 is 2.58 bits per heavy atom. The summed E-state index contributed by atoms with van der Waals surface area (Å²) in [4.78, 5) is 9.52. The lowest BCUT2D eigenvalue weighted by atomic mass is 10.2. The molecule has 0 unspecified atom stereocenters. The van der Waals surface area contributed by atoms with E-state index in [1.807, 2.05) is 6.92 Å². The molecule has 0 aromatic carbocycles. The van der Waals surface area contributed by atoms with E-state index >= 15 is 0 Å². The fourth-order valence-corrected chi connectivity index (χ4v) is 2.43. The van der Waals surface area contributed by atoms with Gasteiger partial charge in [0.25, 0.3) is 0 Å². The molecule has 0 saturated heterocycles. The summed E-state index contributed by atoms with van der Waals surface area (Å²) in [6, 6.07) is 2.73. The van der Waals surface area contributed by atoms with E-state index in [1.54, 1.807) is 41.9 Å². The average molecular weight is 365 g/mol. The molecule has 138 valence electrons. The highest BCUT2D eigenvalue weighted by Crippen LogP contribution is 2.31. The summed E-state index contributed by atoms with van der Waals surface area (Å²) in [6.45, 7) is 2.80. The molecule has 0 spiro atoms. The van der Waals surface area contributed by atoms with Crippen molar-refractivity contribution in [2.45, 2.75) is 26.2 Å². The molecule has 3 rings (SSSR count). The Morgan fingerprint density at radius 2 is 2.00 bits per heavy atom. The van der Waals surface area contributed by atoms with Crippen LogP contribution in [0.5, 0.6) is 0 Å². The number of halogens is 3. The molecule has 3 heterocycles. The lowest BCUT2D eigenvalue weighted by Gasteiger charge is -2.18. The molecule has 0 bridgehead atoms. The smallest absolute Gasteiger partial charge is 0.338 e. The van der Waals surface area contributed by atoms with Gasteiger partial charge >= 0.3 is 6.18 Å². The summed E-state index contributed by atoms with van der Waals surface area (Å²) in [5, 5.41) is 8.32. The molecule has 26 heavy (non-hydrogen) atoms. The van der Waals surface area contributed by atoms with Gasteiger partial charge in [0.1, 0.15) is 0 Å². The molecule has 0 amide bonds. The molecular weight excluding hydrogens is 347 g/mol. The SMILES string of the molecule is CCn1cc(-c2cc(C(F)(F)F)nc(N(C)Cc3ccn(C)n3)n2)cn1. The van der Waals surface area contributed by atoms with Crippen LogP contribution in [0, 0.1) is 0 Å². The van der Waals surface area contributed by atoms with Crippen molar-refractivity contribution >= 4 is 5.95 Å². The largest absolute Gasteiger partial charge is 0.433 e. The van der Waals surface area contributed by atoms with Crippen LogP contribution in [0.25, 0.3) is 11.3 Å². The monoisotopic (exact) mass is 365 g/mol. The van der Waals surface area contributed by atoms with Gasteiger partial charge in [-0.25, -0.2) is 9.97 Å². The summed E-state index contributed by atoms with van der Waals surface area (Å²) in [7, 11) is 3.40. The van der Waals surface area contributed by atoms with Crippen molar-refractivity contribution in [3.05, 3.63) is 42.1 Å². The van der Waals surface area contributed by atoms with E-state index in [4.69, 9.17) is 0 Å². The average Bonchev–Trinajstić information content (AvgIpc) is 3.22. The van der Waals surface area contributed by atoms with Gasteiger partial charge in [-0.15, -0.1) is 0 Å². The molecule has 0 aliphatic carbocycles. The number of alkyl halides is 3. The van der Waals surface area contributed by atoms with E-state index in [-0.39, 0.29) is 18.2 Å². The van der Waals surface area contributed by atoms with Gasteiger partial charge in [0.05, 0.1) is 24.1 Å². The van der Waals surface area contributed by atoms with E-state index in [0.717, 1.165) is 6.07 Å². The van der Waals surface area contributed by atoms with Crippen molar-refractivity contribution in [1.82, 2.24) is 29.5 Å². The number of aryl methyl sites for hydroxylation is 2. The molecule has 0 aliphatic heterocycles. The third-order valence-electron chi connectivity index (χ3n) is 3.77. The molecule has 0 radical (unpaired) electrons. The van der Waals surface area contributed by atoms with E-state index in [0.29, 0.717) is 17.8 Å². The molecule has 0 N–H and O–H groups in total. The number of hydrogen-bond donors (Lipinski definition) is 0. The number of rotatable bonds is 5. The van der Waals surface area contributed by atoms with Crippen LogP contribution in [0.2, 0.25) is 0 Å². The second-order valence-corrected chi connectivity index (χ2v) is 5.86. The fourth-order valence-electron chi connectivity index (χ4n) is 2.43. The Bertz CT molecular complexity index is 897. The predicted octanol–water partition coefficient (Wildman–Crippen LogP) is 2.75. The number of nitrogens with zero attached hydrogens (tertiary/aromatic N) is 7. The lowest BCUT2D eigenvalue weighted by Crippen LogP contribution is -2.22. The van der Waals surface area contributed by atoms with Gasteiger partial charge in [-0.1, -0.05) is 0 Å². The second kappa shape index (κ2) is 6.77. The first-order valence-electron chi connectivity index (χ1n) is 7.95. The lowest BCUT2D eigenvalue weighted by molar-refractivity contribution is -0.141. The summed E-state index contributed by atoms with van der Waals surface area (Å²) in [5.74, 6) is -0.0234. The standard InChI is InChI=1S/C16H18F3N7/c1-4-26-9-11(8-20-26)13-7-14(16(17,18)19)22-15(21-13)24(2)10-12-5-6-25(3)23-12/h5-9H,4,10H2,1-3H3. The van der Waals surface area contributed by atoms with Gasteiger partial charge in [0, 0.05) is 38.6 Å². The highest BCUT2D eigenvalue weighted by molar-refractivity contribution is 5.59. The van der Waals surface area contributed by atoms with Crippen LogP contribution in [-0.2, 0) is 26.3 Å². The minimum atomic E-state index is -4.57. The fraction of sp³-hybridized carbons (Fsp3) is 0.375. The quantitative estimate of drug-likeness (QED) is 0.696. The van der Waals surface area contributed by atoms with Crippen LogP contribution in [0.3, 0.4) is 0 Å². The maximum Gasteiger partial charge on any atom is 0.433 e. The van der Waals surface area contributed by atoms with E-state index in [9.17, 15) is 13.2 Å². The molecule has 0 fully saturated rings. The summed E-state index contributed by atoms with van der Waals surface area (Å²) < 4.78 is 43.1. The van der Waals surface area contributed by atoms with Crippen LogP contribution in [0.15, 0.2) is 30.7 Å². The van der Waals surface area contributed by atoms with E-state index in [1.165, 1.54) is 11.1 Å². The summed E-state index contributed by atoms with van der Waals surface area (Å²) >= 11 is 0. The number of hydrogen-bond acceptors (Lipinski definition) is 5. The Morgan fingerprint density at radius 1 is 1.23 bits per heavy atom. The first kappa shape index (κ1) is 17.9. The highest BCUT2D eigenvalue weighted by Gasteiger charge is 2.34. The van der Waals surface area contributed by atoms with Gasteiger partial charge in [-0.05, 0) is 19.1 Å². The molecule has 3 aromatic heterocycles. The van der Waals surface area contributed by atoms with Crippen LogP contribution in [0.4, 0.5) is 19.1 Å². The molecule has 3 aromatic rings. The van der Waals surface area contributed by atoms with E-state index in [2.05, 4.69) is 20.2 Å². The van der Waals surface area contributed by atoms with Crippen molar-refractivity contribution in [2.75, 3.05) is 11.9 Å². The maximum atomic E-state index is 13.3. The Labute approximate surface area is 148 Å². The van der Waals surface area contributed by atoms with Gasteiger partial charge in [0.15, 0.2) is 5.69 Å². The van der Waals surface area contributed by atoms with Crippen LogP contribution < -0.4 is 4.90 Å². The Kier molecular flexibility index (Phi) is 4.66. The Balaban J connectivity index is 1.99. The zero-order valence-corrected chi connectivity index (χ0v) is 14.6. The molecule has 0 atom stereocenters. The van der Waals surface area contributed by atoms with Gasteiger partial charge < -0.3 is 4.90 Å². The molecule has 0 saturated carbocycles. The van der Waals surface area contributed by atoms with Crippen LogP contribution >= 0.6 is 0 Å². The second-order valence-electron chi connectivity index (χ2n) is 5.86. The van der Waals surface area contributed by atoms with Gasteiger partial charge in [-0.3, -0.25) is 9.36 Å². The van der Waals surface area contributed by atoms with Gasteiger partial charge in [-0.2, -0.15) is 23.4 Å². The highest BCUT2D eigenvalue weighted by atomic mass is 19.4. The topological polar surface area (TPSA) is 64.7 Å². The predicted molar refractivity (Wildman–Crippen MR) is 89.2 cm³/mol. The van der Waals surface area contributed by atoms with Crippen LogP contribution in [-0.4, -0.2) is 36.6 Å². The molecular formula is C16H18F3N7. The zero-order chi connectivity index (χ0) is 18.9. The van der Waals surface area contributed by atoms with Crippen molar-refractivity contribution in [3.63, 3.8) is 0 Å². The minimum absolute atomic E-state index is 0.0234. The van der Waals surface area contributed by atoms with Crippen molar-refractivity contribution < 1.29 is 13.2 Å². The Hall–Kier alpha value is -2.91. The van der Waals surface area contributed by atoms with Crippen molar-refractivity contribution in [3.8, 4) is 11.3 Å². The molecule has 10 heteroatoms. The summed E-state index contributed by atoms with van der Waals surface area (Å²) in [5.41, 5.74) is 0.396. The first-order valence-corrected chi connectivity index (χ1v) is 7.95. The third kappa shape index (κ3) is 3.84. The molecule has 7 nitrogen and oxygen atoms in total. The maximum absolute atomic E-state index is 13.3. The van der Waals surface area contributed by atoms with E-state index < -0.39 is 11.9 Å². The normalized spacial score (nSPS) is 11.8. The van der Waals surface area contributed by atoms with Crippen molar-refractivity contribution in [1.29, 1.82) is 0 Å². The zero-order valence-electron chi connectivity index (χ0n) is 14.6.